The molecule has 1 aliphatic heterocycles. The standard InChI is InChI=1S/C29H32N4O5S2/c1-19-12-20(2)17-32(16-19)40(35,36)23-9-7-22(8-10-23)28(34)33(18-21-6-5-11-30-15-21)29-31-24-13-25(37-3)26(38-4)14-27(24)39-29/h5-11,13-15,19-20H,12,16-18H2,1-4H3. The molecule has 2 aromatic heterocycles. The first-order chi connectivity index (χ1) is 19.2. The highest BCUT2D eigenvalue weighted by molar-refractivity contribution is 7.89. The fraction of sp³-hybridized carbons (Fsp3) is 0.345. The fourth-order valence-corrected chi connectivity index (χ4v) is 7.79. The van der Waals surface area contributed by atoms with Gasteiger partial charge in [0.2, 0.25) is 10.0 Å². The molecule has 2 unspecified atom stereocenters. The van der Waals surface area contributed by atoms with E-state index in [4.69, 9.17) is 14.5 Å². The number of rotatable bonds is 8. The lowest BCUT2D eigenvalue weighted by atomic mass is 9.94. The first-order valence-corrected chi connectivity index (χ1v) is 15.3. The molecule has 0 radical (unpaired) electrons. The second-order valence-electron chi connectivity index (χ2n) is 10.2. The number of nitrogens with zero attached hydrogens (tertiary/aromatic N) is 4. The maximum absolute atomic E-state index is 13.9. The fourth-order valence-electron chi connectivity index (χ4n) is 5.14. The molecule has 1 saturated heterocycles. The van der Waals surface area contributed by atoms with Gasteiger partial charge in [0.15, 0.2) is 16.6 Å². The van der Waals surface area contributed by atoms with E-state index in [0.29, 0.717) is 52.6 Å². The molecular formula is C29H32N4O5S2. The van der Waals surface area contributed by atoms with Gasteiger partial charge in [0.25, 0.3) is 5.91 Å². The van der Waals surface area contributed by atoms with Gasteiger partial charge >= 0.3 is 0 Å². The van der Waals surface area contributed by atoms with Crippen molar-refractivity contribution >= 4 is 42.6 Å². The van der Waals surface area contributed by atoms with Crippen molar-refractivity contribution in [3.05, 3.63) is 72.1 Å². The van der Waals surface area contributed by atoms with Crippen LogP contribution in [0.15, 0.2) is 65.8 Å². The van der Waals surface area contributed by atoms with Crippen molar-refractivity contribution in [3.8, 4) is 11.5 Å². The molecule has 0 bridgehead atoms. The van der Waals surface area contributed by atoms with Crippen molar-refractivity contribution in [2.45, 2.75) is 31.7 Å². The first-order valence-electron chi connectivity index (χ1n) is 13.0. The molecule has 3 heterocycles. The third kappa shape index (κ3) is 5.67. The average molecular weight is 581 g/mol. The quantitative estimate of drug-likeness (QED) is 0.282. The lowest BCUT2D eigenvalue weighted by Crippen LogP contribution is -2.42. The summed E-state index contributed by atoms with van der Waals surface area (Å²) in [6, 6.07) is 13.5. The molecule has 5 rings (SSSR count). The molecule has 210 valence electrons. The summed E-state index contributed by atoms with van der Waals surface area (Å²) in [7, 11) is -0.525. The van der Waals surface area contributed by atoms with Crippen molar-refractivity contribution in [1.82, 2.24) is 14.3 Å². The Balaban J connectivity index is 1.48. The SMILES string of the molecule is COc1cc2nc(N(Cc3cccnc3)C(=O)c3ccc(S(=O)(=O)N4CC(C)CC(C)C4)cc3)sc2cc1OC. The Morgan fingerprint density at radius 1 is 1.05 bits per heavy atom. The molecule has 1 amide bonds. The van der Waals surface area contributed by atoms with E-state index < -0.39 is 10.0 Å². The van der Waals surface area contributed by atoms with Crippen LogP contribution in [0, 0.1) is 11.8 Å². The summed E-state index contributed by atoms with van der Waals surface area (Å²) in [5.41, 5.74) is 1.86. The zero-order valence-electron chi connectivity index (χ0n) is 22.9. The minimum absolute atomic E-state index is 0.184. The van der Waals surface area contributed by atoms with E-state index in [0.717, 1.165) is 16.7 Å². The van der Waals surface area contributed by atoms with Gasteiger partial charge < -0.3 is 9.47 Å². The van der Waals surface area contributed by atoms with E-state index in [9.17, 15) is 13.2 Å². The minimum Gasteiger partial charge on any atom is -0.493 e. The van der Waals surface area contributed by atoms with Gasteiger partial charge in [0.05, 0.1) is 35.9 Å². The number of fused-ring (bicyclic) bond motifs is 1. The third-order valence-corrected chi connectivity index (χ3v) is 9.88. The van der Waals surface area contributed by atoms with Gasteiger partial charge in [-0.1, -0.05) is 31.3 Å². The molecule has 0 saturated carbocycles. The number of hydrogen-bond donors (Lipinski definition) is 0. The Labute approximate surface area is 238 Å². The summed E-state index contributed by atoms with van der Waals surface area (Å²) in [6.45, 7) is 5.39. The van der Waals surface area contributed by atoms with Crippen LogP contribution in [0.4, 0.5) is 5.13 Å². The molecule has 0 spiro atoms. The summed E-state index contributed by atoms with van der Waals surface area (Å²) >= 11 is 1.36. The van der Waals surface area contributed by atoms with Crippen LogP contribution in [-0.4, -0.2) is 55.9 Å². The Morgan fingerprint density at radius 2 is 1.73 bits per heavy atom. The number of benzene rings is 2. The molecule has 1 fully saturated rings. The normalized spacial score (nSPS) is 18.0. The Hall–Kier alpha value is -3.54. The van der Waals surface area contributed by atoms with E-state index in [1.807, 2.05) is 18.2 Å². The van der Waals surface area contributed by atoms with Gasteiger partial charge in [0, 0.05) is 43.2 Å². The van der Waals surface area contributed by atoms with Crippen LogP contribution >= 0.6 is 11.3 Å². The number of hydrogen-bond acceptors (Lipinski definition) is 8. The second-order valence-corrected chi connectivity index (χ2v) is 13.2. The van der Waals surface area contributed by atoms with E-state index in [1.165, 1.54) is 23.5 Å². The van der Waals surface area contributed by atoms with Crippen molar-refractivity contribution in [2.75, 3.05) is 32.2 Å². The average Bonchev–Trinajstić information content (AvgIpc) is 3.37. The van der Waals surface area contributed by atoms with Gasteiger partial charge in [-0.25, -0.2) is 13.4 Å². The summed E-state index contributed by atoms with van der Waals surface area (Å²) < 4.78 is 40.0. The highest BCUT2D eigenvalue weighted by atomic mass is 32.2. The minimum atomic E-state index is -3.66. The van der Waals surface area contributed by atoms with Crippen molar-refractivity contribution in [3.63, 3.8) is 0 Å². The predicted octanol–water partition coefficient (Wildman–Crippen LogP) is 5.22. The number of piperidine rings is 1. The van der Waals surface area contributed by atoms with Crippen LogP contribution in [0.5, 0.6) is 11.5 Å². The number of anilines is 1. The molecule has 40 heavy (non-hydrogen) atoms. The molecule has 2 aromatic carbocycles. The van der Waals surface area contributed by atoms with Crippen molar-refractivity contribution in [2.24, 2.45) is 11.8 Å². The Kier molecular flexibility index (Phi) is 8.07. The van der Waals surface area contributed by atoms with Crippen LogP contribution in [0.25, 0.3) is 10.2 Å². The Bertz CT molecular complexity index is 1560. The lowest BCUT2D eigenvalue weighted by molar-refractivity contribution is 0.0985. The number of aromatic nitrogens is 2. The van der Waals surface area contributed by atoms with E-state index in [2.05, 4.69) is 18.8 Å². The zero-order valence-corrected chi connectivity index (χ0v) is 24.5. The number of carbonyl (C=O) groups excluding carboxylic acids is 1. The van der Waals surface area contributed by atoms with Crippen LogP contribution in [0.1, 0.15) is 36.2 Å². The molecular weight excluding hydrogens is 548 g/mol. The van der Waals surface area contributed by atoms with Gasteiger partial charge in [0.1, 0.15) is 0 Å². The molecule has 11 heteroatoms. The Morgan fingerprint density at radius 3 is 2.35 bits per heavy atom. The second kappa shape index (κ2) is 11.5. The number of thiazole rings is 1. The van der Waals surface area contributed by atoms with E-state index in [-0.39, 0.29) is 17.3 Å². The lowest BCUT2D eigenvalue weighted by Gasteiger charge is -2.34. The van der Waals surface area contributed by atoms with Crippen LogP contribution in [0.2, 0.25) is 0 Å². The van der Waals surface area contributed by atoms with Crippen molar-refractivity contribution < 1.29 is 22.7 Å². The van der Waals surface area contributed by atoms with Gasteiger partial charge in [-0.3, -0.25) is 14.7 Å². The maximum Gasteiger partial charge on any atom is 0.260 e. The first kappa shape index (κ1) is 28.0. The smallest absolute Gasteiger partial charge is 0.260 e. The molecule has 9 nitrogen and oxygen atoms in total. The van der Waals surface area contributed by atoms with Crippen LogP contribution < -0.4 is 14.4 Å². The largest absolute Gasteiger partial charge is 0.493 e. The summed E-state index contributed by atoms with van der Waals surface area (Å²) in [5, 5.41) is 0.493. The van der Waals surface area contributed by atoms with Crippen LogP contribution in [0.3, 0.4) is 0 Å². The monoisotopic (exact) mass is 580 g/mol. The summed E-state index contributed by atoms with van der Waals surface area (Å²) in [4.78, 5) is 24.6. The zero-order chi connectivity index (χ0) is 28.4. The van der Waals surface area contributed by atoms with E-state index in [1.54, 1.807) is 54.0 Å². The number of amides is 1. The summed E-state index contributed by atoms with van der Waals surface area (Å²) in [6.07, 6.45) is 4.39. The maximum atomic E-state index is 13.9. The molecule has 0 aliphatic carbocycles. The van der Waals surface area contributed by atoms with E-state index >= 15 is 0 Å². The summed E-state index contributed by atoms with van der Waals surface area (Å²) in [5.74, 6) is 1.42. The van der Waals surface area contributed by atoms with Crippen LogP contribution in [-0.2, 0) is 16.6 Å². The number of sulfonamides is 1. The highest BCUT2D eigenvalue weighted by Gasteiger charge is 2.32. The number of pyridine rings is 1. The number of methoxy groups -OCH3 is 2. The molecule has 0 N–H and O–H groups in total. The third-order valence-electron chi connectivity index (χ3n) is 7.00. The van der Waals surface area contributed by atoms with Gasteiger partial charge in [-0.05, 0) is 54.2 Å². The molecule has 1 aliphatic rings. The topological polar surface area (TPSA) is 102 Å². The molecule has 2 atom stereocenters. The van der Waals surface area contributed by atoms with Gasteiger partial charge in [-0.15, -0.1) is 0 Å². The van der Waals surface area contributed by atoms with Gasteiger partial charge in [-0.2, -0.15) is 4.31 Å². The highest BCUT2D eigenvalue weighted by Crippen LogP contribution is 2.38. The molecule has 4 aromatic rings. The predicted molar refractivity (Wildman–Crippen MR) is 156 cm³/mol. The number of carbonyl (C=O) groups is 1. The number of ether oxygens (including phenoxy) is 2. The van der Waals surface area contributed by atoms with Crippen molar-refractivity contribution in [1.29, 1.82) is 0 Å².